The van der Waals surface area contributed by atoms with Crippen LogP contribution in [0.15, 0.2) is 29.3 Å². The third-order valence-electron chi connectivity index (χ3n) is 2.65. The van der Waals surface area contributed by atoms with Crippen LogP contribution in [0, 0.1) is 0 Å². The van der Waals surface area contributed by atoms with Crippen LogP contribution in [0.1, 0.15) is 29.3 Å². The van der Waals surface area contributed by atoms with Crippen LogP contribution in [0.3, 0.4) is 0 Å². The number of nitrogens with zero attached hydrogens (tertiary/aromatic N) is 1. The van der Waals surface area contributed by atoms with Crippen molar-refractivity contribution in [1.29, 1.82) is 0 Å². The molecule has 0 aliphatic heterocycles. The van der Waals surface area contributed by atoms with Gasteiger partial charge < -0.3 is 16.0 Å². The van der Waals surface area contributed by atoms with E-state index in [0.29, 0.717) is 18.7 Å². The van der Waals surface area contributed by atoms with Crippen LogP contribution in [0.5, 0.6) is 0 Å². The molecular weight excluding hydrogens is 240 g/mol. The molecule has 0 saturated carbocycles. The fourth-order valence-electron chi connectivity index (χ4n) is 1.63. The minimum atomic E-state index is -0.0262. The molecular formula is C14H22N4O. The van der Waals surface area contributed by atoms with E-state index < -0.39 is 0 Å². The van der Waals surface area contributed by atoms with Gasteiger partial charge in [0.05, 0.1) is 0 Å². The Hall–Kier alpha value is -2.04. The van der Waals surface area contributed by atoms with Gasteiger partial charge in [0, 0.05) is 32.7 Å². The minimum Gasteiger partial charge on any atom is -0.359 e. The van der Waals surface area contributed by atoms with Crippen molar-refractivity contribution in [3.05, 3.63) is 35.4 Å². The van der Waals surface area contributed by atoms with E-state index in [0.717, 1.165) is 17.9 Å². The summed E-state index contributed by atoms with van der Waals surface area (Å²) in [4.78, 5) is 15.9. The highest BCUT2D eigenvalue weighted by Gasteiger charge is 2.05. The normalized spacial score (nSPS) is 11.0. The van der Waals surface area contributed by atoms with Crippen LogP contribution in [0.4, 0.5) is 0 Å². The second-order valence-electron chi connectivity index (χ2n) is 4.13. The number of guanidine groups is 1. The summed E-state index contributed by atoms with van der Waals surface area (Å²) >= 11 is 0. The van der Waals surface area contributed by atoms with Gasteiger partial charge in [-0.15, -0.1) is 0 Å². The van der Waals surface area contributed by atoms with Gasteiger partial charge in [-0.05, 0) is 24.1 Å². The molecule has 0 spiro atoms. The quantitative estimate of drug-likeness (QED) is 0.550. The second-order valence-corrected chi connectivity index (χ2v) is 4.13. The largest absolute Gasteiger partial charge is 0.359 e. The third-order valence-corrected chi connectivity index (χ3v) is 2.65. The molecule has 19 heavy (non-hydrogen) atoms. The molecule has 0 aromatic heterocycles. The Kier molecular flexibility index (Phi) is 6.43. The number of nitrogens with one attached hydrogen (secondary N) is 3. The van der Waals surface area contributed by atoms with Crippen molar-refractivity contribution in [2.75, 3.05) is 20.6 Å². The zero-order valence-electron chi connectivity index (χ0n) is 11.8. The lowest BCUT2D eigenvalue weighted by Crippen LogP contribution is -2.34. The predicted octanol–water partition coefficient (Wildman–Crippen LogP) is 1.12. The molecule has 3 N–H and O–H groups in total. The van der Waals surface area contributed by atoms with E-state index >= 15 is 0 Å². The molecule has 0 unspecified atom stereocenters. The van der Waals surface area contributed by atoms with Gasteiger partial charge in [0.15, 0.2) is 5.96 Å². The fraction of sp³-hybridized carbons (Fsp3) is 0.429. The maximum Gasteiger partial charge on any atom is 0.251 e. The maximum atomic E-state index is 11.8. The monoisotopic (exact) mass is 262 g/mol. The van der Waals surface area contributed by atoms with E-state index in [2.05, 4.69) is 20.9 Å². The Labute approximate surface area is 114 Å². The van der Waals surface area contributed by atoms with E-state index in [4.69, 9.17) is 0 Å². The number of hydrogen-bond donors (Lipinski definition) is 3. The van der Waals surface area contributed by atoms with Gasteiger partial charge in [0.25, 0.3) is 5.91 Å². The lowest BCUT2D eigenvalue weighted by Gasteiger charge is -2.09. The van der Waals surface area contributed by atoms with Crippen molar-refractivity contribution in [2.45, 2.75) is 19.9 Å². The Balaban J connectivity index is 2.64. The van der Waals surface area contributed by atoms with Gasteiger partial charge in [-0.3, -0.25) is 9.79 Å². The Bertz CT molecular complexity index is 443. The lowest BCUT2D eigenvalue weighted by atomic mass is 10.1. The van der Waals surface area contributed by atoms with Gasteiger partial charge in [0.2, 0.25) is 0 Å². The molecule has 5 nitrogen and oxygen atoms in total. The second kappa shape index (κ2) is 8.13. The van der Waals surface area contributed by atoms with Crippen LogP contribution in [-0.4, -0.2) is 32.5 Å². The van der Waals surface area contributed by atoms with Gasteiger partial charge in [-0.1, -0.05) is 19.1 Å². The first-order valence-corrected chi connectivity index (χ1v) is 6.46. The summed E-state index contributed by atoms with van der Waals surface area (Å²) in [5.74, 6) is 0.697. The first-order chi connectivity index (χ1) is 9.21. The average molecular weight is 262 g/mol. The van der Waals surface area contributed by atoms with Crippen molar-refractivity contribution >= 4 is 11.9 Å². The van der Waals surface area contributed by atoms with Crippen molar-refractivity contribution in [3.8, 4) is 0 Å². The molecule has 0 atom stereocenters. The molecule has 0 saturated heterocycles. The van der Waals surface area contributed by atoms with E-state index in [1.165, 1.54) is 0 Å². The zero-order valence-corrected chi connectivity index (χ0v) is 11.8. The van der Waals surface area contributed by atoms with E-state index in [9.17, 15) is 4.79 Å². The molecule has 0 bridgehead atoms. The number of carbonyl (C=O) groups excluding carboxylic acids is 1. The van der Waals surface area contributed by atoms with Gasteiger partial charge in [-0.25, -0.2) is 0 Å². The Morgan fingerprint density at radius 2 is 2.11 bits per heavy atom. The van der Waals surface area contributed by atoms with Crippen molar-refractivity contribution in [1.82, 2.24) is 16.0 Å². The molecule has 104 valence electrons. The van der Waals surface area contributed by atoms with Crippen LogP contribution >= 0.6 is 0 Å². The van der Waals surface area contributed by atoms with Crippen LogP contribution in [-0.2, 0) is 6.54 Å². The summed E-state index contributed by atoms with van der Waals surface area (Å²) in [6, 6.07) is 7.58. The number of benzene rings is 1. The molecule has 1 aromatic carbocycles. The summed E-state index contributed by atoms with van der Waals surface area (Å²) < 4.78 is 0. The van der Waals surface area contributed by atoms with Crippen molar-refractivity contribution in [3.63, 3.8) is 0 Å². The van der Waals surface area contributed by atoms with Gasteiger partial charge in [0.1, 0.15) is 0 Å². The SMILES string of the molecule is CCCNC(=O)c1cccc(CNC(=NC)NC)c1. The molecule has 1 rings (SSSR count). The third kappa shape index (κ3) is 4.99. The molecule has 1 amide bonds. The van der Waals surface area contributed by atoms with Gasteiger partial charge in [-0.2, -0.15) is 0 Å². The van der Waals surface area contributed by atoms with E-state index in [1.807, 2.05) is 38.2 Å². The molecule has 0 radical (unpaired) electrons. The zero-order chi connectivity index (χ0) is 14.1. The number of carbonyl (C=O) groups is 1. The number of hydrogen-bond acceptors (Lipinski definition) is 2. The minimum absolute atomic E-state index is 0.0262. The number of rotatable bonds is 5. The van der Waals surface area contributed by atoms with E-state index in [-0.39, 0.29) is 5.91 Å². The average Bonchev–Trinajstić information content (AvgIpc) is 2.46. The van der Waals surface area contributed by atoms with Crippen LogP contribution < -0.4 is 16.0 Å². The highest BCUT2D eigenvalue weighted by Crippen LogP contribution is 2.05. The summed E-state index contributed by atoms with van der Waals surface area (Å²) in [6.45, 7) is 3.36. The van der Waals surface area contributed by atoms with Crippen molar-refractivity contribution < 1.29 is 4.79 Å². The Morgan fingerprint density at radius 1 is 1.32 bits per heavy atom. The highest BCUT2D eigenvalue weighted by atomic mass is 16.1. The Morgan fingerprint density at radius 3 is 2.74 bits per heavy atom. The summed E-state index contributed by atoms with van der Waals surface area (Å²) in [5, 5.41) is 8.97. The molecule has 0 aliphatic rings. The predicted molar refractivity (Wildman–Crippen MR) is 78.3 cm³/mol. The molecule has 5 heteroatoms. The van der Waals surface area contributed by atoms with Crippen LogP contribution in [0.25, 0.3) is 0 Å². The molecule has 1 aromatic rings. The smallest absolute Gasteiger partial charge is 0.251 e. The first kappa shape index (κ1) is 15.0. The highest BCUT2D eigenvalue weighted by molar-refractivity contribution is 5.94. The number of amides is 1. The summed E-state index contributed by atoms with van der Waals surface area (Å²) in [7, 11) is 3.53. The topological polar surface area (TPSA) is 65.5 Å². The summed E-state index contributed by atoms with van der Waals surface area (Å²) in [6.07, 6.45) is 0.936. The number of aliphatic imine (C=N–C) groups is 1. The fourth-order valence-corrected chi connectivity index (χ4v) is 1.63. The maximum absolute atomic E-state index is 11.8. The summed E-state index contributed by atoms with van der Waals surface area (Å²) in [5.41, 5.74) is 1.73. The molecule has 0 fully saturated rings. The van der Waals surface area contributed by atoms with Gasteiger partial charge >= 0.3 is 0 Å². The lowest BCUT2D eigenvalue weighted by molar-refractivity contribution is 0.0953. The van der Waals surface area contributed by atoms with Crippen LogP contribution in [0.2, 0.25) is 0 Å². The van der Waals surface area contributed by atoms with E-state index in [1.54, 1.807) is 7.05 Å². The first-order valence-electron chi connectivity index (χ1n) is 6.46. The molecule has 0 heterocycles. The van der Waals surface area contributed by atoms with Crippen molar-refractivity contribution in [2.24, 2.45) is 4.99 Å². The standard InChI is InChI=1S/C14H22N4O/c1-4-8-17-13(19)12-7-5-6-11(9-12)10-18-14(15-2)16-3/h5-7,9H,4,8,10H2,1-3H3,(H,17,19)(H2,15,16,18). The molecule has 0 aliphatic carbocycles.